The summed E-state index contributed by atoms with van der Waals surface area (Å²) in [4.78, 5) is 57.7. The number of hydrogen-bond acceptors (Lipinski definition) is 9. The predicted molar refractivity (Wildman–Crippen MR) is 144 cm³/mol. The molecule has 2 aliphatic rings. The molecule has 196 valence electrons. The number of carbonyl (C=O) groups excluding carboxylic acids is 3. The molecule has 4 aromatic heterocycles. The Morgan fingerprint density at radius 1 is 1.08 bits per heavy atom. The van der Waals surface area contributed by atoms with Crippen molar-refractivity contribution in [2.24, 2.45) is 0 Å². The van der Waals surface area contributed by atoms with Crippen molar-refractivity contribution >= 4 is 56.6 Å². The Balaban J connectivity index is 1.27. The van der Waals surface area contributed by atoms with Gasteiger partial charge in [-0.25, -0.2) is 29.6 Å². The van der Waals surface area contributed by atoms with Crippen molar-refractivity contribution in [3.05, 3.63) is 66.6 Å². The molecule has 1 fully saturated rings. The zero-order valence-electron chi connectivity index (χ0n) is 20.5. The fourth-order valence-electron chi connectivity index (χ4n) is 4.76. The molecule has 0 unspecified atom stereocenters. The highest BCUT2D eigenvalue weighted by molar-refractivity contribution is 7.21. The van der Waals surface area contributed by atoms with E-state index in [0.717, 1.165) is 19.3 Å². The number of urea groups is 1. The molecule has 0 saturated heterocycles. The first-order valence-electron chi connectivity index (χ1n) is 12.2. The lowest BCUT2D eigenvalue weighted by Crippen LogP contribution is -2.48. The minimum Gasteiger partial charge on any atom is -0.423 e. The summed E-state index contributed by atoms with van der Waals surface area (Å²) >= 11 is 1.19. The molecule has 0 radical (unpaired) electrons. The number of amides is 4. The monoisotopic (exact) mass is 542 g/mol. The molecule has 0 bridgehead atoms. The first-order chi connectivity index (χ1) is 19.0. The molecule has 1 saturated carbocycles. The number of nitrogens with one attached hydrogen (secondary N) is 3. The fraction of sp³-hybridized carbons (Fsp3) is 0.192. The van der Waals surface area contributed by atoms with Crippen LogP contribution in [-0.4, -0.2) is 49.9 Å². The van der Waals surface area contributed by atoms with E-state index in [-0.39, 0.29) is 29.9 Å². The second-order valence-corrected chi connectivity index (χ2v) is 9.90. The molecule has 12 nitrogen and oxygen atoms in total. The van der Waals surface area contributed by atoms with Crippen LogP contribution in [0.3, 0.4) is 0 Å². The Bertz CT molecular complexity index is 1590. The number of anilines is 3. The molecule has 5 heterocycles. The third-order valence-corrected chi connectivity index (χ3v) is 7.60. The predicted octanol–water partition coefficient (Wildman–Crippen LogP) is 3.91. The van der Waals surface area contributed by atoms with Crippen molar-refractivity contribution in [2.75, 3.05) is 10.2 Å². The summed E-state index contributed by atoms with van der Waals surface area (Å²) in [7, 11) is 0. The minimum atomic E-state index is -0.466. The number of rotatable bonds is 7. The molecule has 0 aromatic carbocycles. The van der Waals surface area contributed by atoms with Gasteiger partial charge in [-0.1, -0.05) is 6.58 Å². The van der Waals surface area contributed by atoms with E-state index in [1.54, 1.807) is 42.9 Å². The van der Waals surface area contributed by atoms with Crippen LogP contribution >= 0.6 is 11.3 Å². The first-order valence-corrected chi connectivity index (χ1v) is 13.0. The van der Waals surface area contributed by atoms with Crippen molar-refractivity contribution < 1.29 is 19.1 Å². The fourth-order valence-corrected chi connectivity index (χ4v) is 5.78. The largest absolute Gasteiger partial charge is 0.423 e. The van der Waals surface area contributed by atoms with Crippen molar-refractivity contribution in [3.63, 3.8) is 0 Å². The third-order valence-electron chi connectivity index (χ3n) is 6.50. The highest BCUT2D eigenvalue weighted by Gasteiger charge is 2.35. The Morgan fingerprint density at radius 2 is 1.87 bits per heavy atom. The molecule has 3 N–H and O–H groups in total. The summed E-state index contributed by atoms with van der Waals surface area (Å²) in [5.41, 5.74) is 0.960. The van der Waals surface area contributed by atoms with Crippen LogP contribution < -0.4 is 25.6 Å². The van der Waals surface area contributed by atoms with E-state index in [0.29, 0.717) is 38.0 Å². The number of aromatic nitrogens is 4. The van der Waals surface area contributed by atoms with Gasteiger partial charge in [0.15, 0.2) is 0 Å². The van der Waals surface area contributed by atoms with Crippen LogP contribution in [0, 0.1) is 0 Å². The lowest BCUT2D eigenvalue weighted by atomic mass is 10.1. The van der Waals surface area contributed by atoms with E-state index >= 15 is 0 Å². The van der Waals surface area contributed by atoms with Crippen LogP contribution in [0.1, 0.15) is 28.9 Å². The molecule has 1 aliphatic carbocycles. The van der Waals surface area contributed by atoms with E-state index in [1.165, 1.54) is 28.5 Å². The molecular formula is C26H22N8O4S. The third kappa shape index (κ3) is 4.63. The van der Waals surface area contributed by atoms with Crippen molar-refractivity contribution in [1.29, 1.82) is 0 Å². The summed E-state index contributed by atoms with van der Waals surface area (Å²) < 4.78 is 5.60. The van der Waals surface area contributed by atoms with Crippen molar-refractivity contribution in [1.82, 2.24) is 30.6 Å². The summed E-state index contributed by atoms with van der Waals surface area (Å²) in [5, 5.41) is 9.42. The normalized spacial score (nSPS) is 17.9. The number of carbonyl (C=O) groups is 3. The molecule has 4 aromatic rings. The highest BCUT2D eigenvalue weighted by Crippen LogP contribution is 2.45. The molecule has 6 rings (SSSR count). The van der Waals surface area contributed by atoms with Gasteiger partial charge in [0.2, 0.25) is 5.91 Å². The van der Waals surface area contributed by atoms with E-state index in [1.807, 2.05) is 0 Å². The second-order valence-electron chi connectivity index (χ2n) is 8.90. The summed E-state index contributed by atoms with van der Waals surface area (Å²) in [6, 6.07) is 6.00. The van der Waals surface area contributed by atoms with E-state index < -0.39 is 6.03 Å². The van der Waals surface area contributed by atoms with Gasteiger partial charge in [-0.3, -0.25) is 9.59 Å². The second kappa shape index (κ2) is 10.1. The van der Waals surface area contributed by atoms with E-state index in [4.69, 9.17) is 4.74 Å². The maximum Gasteiger partial charge on any atom is 0.332 e. The molecule has 39 heavy (non-hydrogen) atoms. The number of hydrogen-bond donors (Lipinski definition) is 3. The smallest absolute Gasteiger partial charge is 0.332 e. The maximum absolute atomic E-state index is 13.4. The van der Waals surface area contributed by atoms with Crippen LogP contribution in [0.5, 0.6) is 11.8 Å². The minimum absolute atomic E-state index is 0.180. The van der Waals surface area contributed by atoms with E-state index in [9.17, 15) is 14.4 Å². The van der Waals surface area contributed by atoms with Gasteiger partial charge in [0.1, 0.15) is 21.3 Å². The quantitative estimate of drug-likeness (QED) is 0.297. The Kier molecular flexibility index (Phi) is 6.32. The first kappa shape index (κ1) is 24.4. The summed E-state index contributed by atoms with van der Waals surface area (Å²) in [6.45, 7) is 3.49. The van der Waals surface area contributed by atoms with Gasteiger partial charge in [-0.05, 0) is 49.6 Å². The van der Waals surface area contributed by atoms with E-state index in [2.05, 4.69) is 42.5 Å². The van der Waals surface area contributed by atoms with Gasteiger partial charge in [-0.2, -0.15) is 0 Å². The lowest BCUT2D eigenvalue weighted by molar-refractivity contribution is -0.117. The Hall–Kier alpha value is -4.91. The van der Waals surface area contributed by atoms with Gasteiger partial charge in [-0.15, -0.1) is 11.3 Å². The average molecular weight is 543 g/mol. The van der Waals surface area contributed by atoms with Crippen LogP contribution in [0.15, 0.2) is 61.7 Å². The Labute approximate surface area is 226 Å². The topological polar surface area (TPSA) is 151 Å². The van der Waals surface area contributed by atoms with Crippen LogP contribution in [-0.2, 0) is 4.79 Å². The molecule has 13 heteroatoms. The number of thiophene rings is 1. The zero-order chi connectivity index (χ0) is 26.9. The number of ether oxygens (including phenoxy) is 1. The van der Waals surface area contributed by atoms with Gasteiger partial charge < -0.3 is 20.7 Å². The zero-order valence-corrected chi connectivity index (χ0v) is 21.3. The standard InChI is InChI=1S/C26H22N8O4S/c1-2-19(35)31-15-5-3-6-16(15)32-23(36)22-21-20-17(9-12-27-24(20)39-22)34(26(37)33-21)18-8-7-14(13-30-18)38-25-28-10-4-11-29-25/h2,4,7-13,15-16H,1,3,5-6H2,(H,31,35)(H,32,36)(H,33,37)/t15-,16+/m0/s1. The molecule has 1 aliphatic heterocycles. The molecule has 0 spiro atoms. The van der Waals surface area contributed by atoms with Crippen LogP contribution in [0.4, 0.5) is 22.0 Å². The lowest BCUT2D eigenvalue weighted by Gasteiger charge is -2.27. The summed E-state index contributed by atoms with van der Waals surface area (Å²) in [6.07, 6.45) is 9.78. The average Bonchev–Trinajstić information content (AvgIpc) is 3.54. The molecule has 4 amide bonds. The number of nitrogens with zero attached hydrogens (tertiary/aromatic N) is 5. The number of pyridine rings is 2. The van der Waals surface area contributed by atoms with Gasteiger partial charge in [0, 0.05) is 30.7 Å². The maximum atomic E-state index is 13.4. The highest BCUT2D eigenvalue weighted by atomic mass is 32.1. The van der Waals surface area contributed by atoms with Gasteiger partial charge >= 0.3 is 12.0 Å². The van der Waals surface area contributed by atoms with Crippen molar-refractivity contribution in [3.8, 4) is 11.8 Å². The van der Waals surface area contributed by atoms with Crippen molar-refractivity contribution in [2.45, 2.75) is 31.3 Å². The molecular weight excluding hydrogens is 520 g/mol. The van der Waals surface area contributed by atoms with Crippen LogP contribution in [0.2, 0.25) is 0 Å². The van der Waals surface area contributed by atoms with Crippen LogP contribution in [0.25, 0.3) is 10.2 Å². The van der Waals surface area contributed by atoms with Gasteiger partial charge in [0.05, 0.1) is 23.0 Å². The Morgan fingerprint density at radius 3 is 2.62 bits per heavy atom. The van der Waals surface area contributed by atoms with Gasteiger partial charge in [0.25, 0.3) is 5.91 Å². The SMILES string of the molecule is C=CC(=O)N[C@H]1CCC[C@H]1NC(=O)c1sc2nccc3c2c1NC(=O)N3c1ccc(Oc2ncccn2)cn1. The molecule has 2 atom stereocenters. The summed E-state index contributed by atoms with van der Waals surface area (Å²) in [5.74, 6) is 0.156.